The fourth-order valence-electron chi connectivity index (χ4n) is 1.64. The van der Waals surface area contributed by atoms with Gasteiger partial charge in [0.15, 0.2) is 0 Å². The summed E-state index contributed by atoms with van der Waals surface area (Å²) >= 11 is 0. The van der Waals surface area contributed by atoms with Crippen LogP contribution in [0.3, 0.4) is 0 Å². The highest BCUT2D eigenvalue weighted by Gasteiger charge is 2.11. The number of nitrogens with one attached hydrogen (secondary N) is 2. The summed E-state index contributed by atoms with van der Waals surface area (Å²) in [5, 5.41) is 0. The van der Waals surface area contributed by atoms with Crippen LogP contribution in [0.25, 0.3) is 0 Å². The minimum absolute atomic E-state index is 0.165. The molecule has 1 aromatic carbocycles. The second-order valence-electron chi connectivity index (χ2n) is 4.10. The number of carbonyl (C=O) groups excluding carboxylic acids is 2. The second kappa shape index (κ2) is 8.08. The molecule has 1 rings (SSSR count). The Labute approximate surface area is 116 Å². The van der Waals surface area contributed by atoms with E-state index in [0.717, 1.165) is 0 Å². The van der Waals surface area contributed by atoms with E-state index >= 15 is 0 Å². The van der Waals surface area contributed by atoms with Gasteiger partial charge in [-0.3, -0.25) is 20.4 Å². The number of carbonyl (C=O) groups is 2. The number of hydrazine groups is 2. The van der Waals surface area contributed by atoms with Crippen molar-refractivity contribution in [3.8, 4) is 0 Å². The van der Waals surface area contributed by atoms with Crippen molar-refractivity contribution in [3.05, 3.63) is 30.1 Å². The largest absolute Gasteiger partial charge is 0.370 e. The standard InChI is InChI=1S/C12H18FN5O2/c13-9-1-3-10(4-2-9)18(7-5-11(19)16-14)8-6-12(20)17-15/h1-4H,5-8,14-15H2,(H,16,19)(H,17,20). The average Bonchev–Trinajstić information content (AvgIpc) is 2.47. The Morgan fingerprint density at radius 3 is 1.85 bits per heavy atom. The van der Waals surface area contributed by atoms with Gasteiger partial charge >= 0.3 is 0 Å². The molecule has 0 fully saturated rings. The summed E-state index contributed by atoms with van der Waals surface area (Å²) in [5.41, 5.74) is 4.77. The highest BCUT2D eigenvalue weighted by Crippen LogP contribution is 2.15. The van der Waals surface area contributed by atoms with Crippen LogP contribution in [-0.2, 0) is 9.59 Å². The molecule has 8 heteroatoms. The molecule has 0 aliphatic heterocycles. The van der Waals surface area contributed by atoms with E-state index in [1.165, 1.54) is 12.1 Å². The van der Waals surface area contributed by atoms with Gasteiger partial charge in [-0.15, -0.1) is 0 Å². The molecule has 6 N–H and O–H groups in total. The normalized spacial score (nSPS) is 9.95. The predicted molar refractivity (Wildman–Crippen MR) is 72.5 cm³/mol. The number of amides is 2. The van der Waals surface area contributed by atoms with Gasteiger partial charge in [0.1, 0.15) is 5.82 Å². The van der Waals surface area contributed by atoms with Crippen molar-refractivity contribution in [3.63, 3.8) is 0 Å². The zero-order valence-electron chi connectivity index (χ0n) is 10.9. The van der Waals surface area contributed by atoms with Crippen LogP contribution in [0.15, 0.2) is 24.3 Å². The molecule has 2 amide bonds. The Bertz CT molecular complexity index is 432. The third-order valence-corrected chi connectivity index (χ3v) is 2.73. The van der Waals surface area contributed by atoms with Crippen molar-refractivity contribution < 1.29 is 14.0 Å². The van der Waals surface area contributed by atoms with Crippen molar-refractivity contribution >= 4 is 17.5 Å². The van der Waals surface area contributed by atoms with E-state index in [1.54, 1.807) is 17.0 Å². The Hall–Kier alpha value is -2.19. The molecule has 0 saturated heterocycles. The average molecular weight is 283 g/mol. The minimum atomic E-state index is -0.354. The summed E-state index contributed by atoms with van der Waals surface area (Å²) < 4.78 is 12.9. The SMILES string of the molecule is NNC(=O)CCN(CCC(=O)NN)c1ccc(F)cc1. The van der Waals surface area contributed by atoms with Gasteiger partial charge in [-0.25, -0.2) is 16.1 Å². The Morgan fingerprint density at radius 1 is 1.00 bits per heavy atom. The zero-order valence-corrected chi connectivity index (χ0v) is 10.9. The Morgan fingerprint density at radius 2 is 1.45 bits per heavy atom. The number of nitrogens with two attached hydrogens (primary N) is 2. The van der Waals surface area contributed by atoms with Crippen LogP contribution < -0.4 is 27.4 Å². The lowest BCUT2D eigenvalue weighted by Gasteiger charge is -2.24. The summed E-state index contributed by atoms with van der Waals surface area (Å²) in [5.74, 6) is 9.03. The highest BCUT2D eigenvalue weighted by molar-refractivity contribution is 5.77. The van der Waals surface area contributed by atoms with E-state index in [0.29, 0.717) is 18.8 Å². The van der Waals surface area contributed by atoms with Gasteiger partial charge in [0.25, 0.3) is 0 Å². The first-order chi connectivity index (χ1) is 9.56. The molecule has 0 heterocycles. The van der Waals surface area contributed by atoms with Crippen LogP contribution in [0, 0.1) is 5.82 Å². The van der Waals surface area contributed by atoms with E-state index in [4.69, 9.17) is 11.7 Å². The molecule has 7 nitrogen and oxygen atoms in total. The summed E-state index contributed by atoms with van der Waals surface area (Å²) in [6.07, 6.45) is 0.330. The summed E-state index contributed by atoms with van der Waals surface area (Å²) in [4.78, 5) is 24.1. The number of nitrogens with zero attached hydrogens (tertiary/aromatic N) is 1. The molecule has 0 spiro atoms. The number of rotatable bonds is 7. The number of hydrogen-bond donors (Lipinski definition) is 4. The molecule has 20 heavy (non-hydrogen) atoms. The molecule has 0 bridgehead atoms. The molecule has 1 aromatic rings. The minimum Gasteiger partial charge on any atom is -0.370 e. The first-order valence-electron chi connectivity index (χ1n) is 6.06. The monoisotopic (exact) mass is 283 g/mol. The third-order valence-electron chi connectivity index (χ3n) is 2.73. The van der Waals surface area contributed by atoms with E-state index in [1.807, 2.05) is 10.9 Å². The second-order valence-corrected chi connectivity index (χ2v) is 4.10. The molecule has 0 radical (unpaired) electrons. The first-order valence-corrected chi connectivity index (χ1v) is 6.06. The summed E-state index contributed by atoms with van der Waals surface area (Å²) in [7, 11) is 0. The van der Waals surface area contributed by atoms with Crippen LogP contribution in [0.4, 0.5) is 10.1 Å². The topological polar surface area (TPSA) is 113 Å². The van der Waals surface area contributed by atoms with E-state index in [-0.39, 0.29) is 30.5 Å². The lowest BCUT2D eigenvalue weighted by Crippen LogP contribution is -2.37. The number of benzene rings is 1. The van der Waals surface area contributed by atoms with Crippen LogP contribution in [0.2, 0.25) is 0 Å². The van der Waals surface area contributed by atoms with Gasteiger partial charge in [-0.2, -0.15) is 0 Å². The molecule has 0 aromatic heterocycles. The summed E-state index contributed by atoms with van der Waals surface area (Å²) in [6.45, 7) is 0.707. The predicted octanol–water partition coefficient (Wildman–Crippen LogP) is -0.608. The van der Waals surface area contributed by atoms with Gasteiger partial charge in [0, 0.05) is 31.6 Å². The lowest BCUT2D eigenvalue weighted by molar-refractivity contribution is -0.121. The Balaban J connectivity index is 2.69. The van der Waals surface area contributed by atoms with E-state index in [9.17, 15) is 14.0 Å². The van der Waals surface area contributed by atoms with Crippen LogP contribution >= 0.6 is 0 Å². The number of hydrogen-bond acceptors (Lipinski definition) is 5. The van der Waals surface area contributed by atoms with E-state index in [2.05, 4.69) is 0 Å². The van der Waals surface area contributed by atoms with E-state index < -0.39 is 0 Å². The van der Waals surface area contributed by atoms with Gasteiger partial charge < -0.3 is 4.90 Å². The molecule has 0 saturated carbocycles. The third kappa shape index (κ3) is 5.21. The van der Waals surface area contributed by atoms with Crippen molar-refractivity contribution in [1.29, 1.82) is 0 Å². The van der Waals surface area contributed by atoms with Crippen molar-refractivity contribution in [1.82, 2.24) is 10.9 Å². The molecule has 0 aliphatic rings. The molecule has 0 aliphatic carbocycles. The molecule has 110 valence electrons. The fourth-order valence-corrected chi connectivity index (χ4v) is 1.64. The Kier molecular flexibility index (Phi) is 6.41. The smallest absolute Gasteiger partial charge is 0.235 e. The van der Waals surface area contributed by atoms with Gasteiger partial charge in [-0.1, -0.05) is 0 Å². The van der Waals surface area contributed by atoms with Crippen LogP contribution in [0.1, 0.15) is 12.8 Å². The fraction of sp³-hybridized carbons (Fsp3) is 0.333. The number of anilines is 1. The number of halogens is 1. The first kappa shape index (κ1) is 15.9. The van der Waals surface area contributed by atoms with Crippen molar-refractivity contribution in [2.75, 3.05) is 18.0 Å². The highest BCUT2D eigenvalue weighted by atomic mass is 19.1. The molecule has 0 atom stereocenters. The molecule has 0 unspecified atom stereocenters. The van der Waals surface area contributed by atoms with Crippen molar-refractivity contribution in [2.24, 2.45) is 11.7 Å². The molecular weight excluding hydrogens is 265 g/mol. The van der Waals surface area contributed by atoms with Crippen LogP contribution in [0.5, 0.6) is 0 Å². The van der Waals surface area contributed by atoms with Gasteiger partial charge in [0.05, 0.1) is 0 Å². The maximum absolute atomic E-state index is 12.9. The van der Waals surface area contributed by atoms with Gasteiger partial charge in [0.2, 0.25) is 11.8 Å². The maximum atomic E-state index is 12.9. The van der Waals surface area contributed by atoms with Crippen molar-refractivity contribution in [2.45, 2.75) is 12.8 Å². The van der Waals surface area contributed by atoms with Gasteiger partial charge in [-0.05, 0) is 24.3 Å². The summed E-state index contributed by atoms with van der Waals surface area (Å²) in [6, 6.07) is 5.79. The maximum Gasteiger partial charge on any atom is 0.235 e. The quantitative estimate of drug-likeness (QED) is 0.303. The van der Waals surface area contributed by atoms with Crippen LogP contribution in [-0.4, -0.2) is 24.9 Å². The zero-order chi connectivity index (χ0) is 15.0. The lowest BCUT2D eigenvalue weighted by atomic mass is 10.2. The molecular formula is C12H18FN5O2.